The molecular formula is C79H134O17P2. The molecule has 17 nitrogen and oxygen atoms in total. The summed E-state index contributed by atoms with van der Waals surface area (Å²) in [5, 5.41) is 10.6. The standard InChI is InChI=1S/C79H134O17P2/c1-5-9-13-17-21-25-29-33-35-36-38-42-44-48-52-56-60-64-77(82)90-70-75(96-79(84)66-62-58-54-50-46-40-32-28-24-20-16-12-8-4)72-94-98(87,88)92-68-73(80)67-91-97(85,86)93-71-74(95-78(83)65-61-57-53-49-45-39-31-27-23-19-15-11-7-3)69-89-76(81)63-59-55-51-47-43-41-37-34-30-26-22-18-14-10-6-2/h9,13,15-16,19-22,25-28,31-35,37-38,42,73-75,80H,5-8,10-12,14,17-18,23-24,29-30,36,39-41,43-72H2,1-4H3,(H,85,86)(H,87,88)/b13-9-,19-15-,20-16-,25-21-,26-22-,31-27-,32-28-,35-33-,37-34-,42-38-. The number of hydrogen-bond acceptors (Lipinski definition) is 15. The van der Waals surface area contributed by atoms with Crippen molar-refractivity contribution in [3.63, 3.8) is 0 Å². The largest absolute Gasteiger partial charge is 0.472 e. The molecule has 0 aliphatic rings. The van der Waals surface area contributed by atoms with E-state index in [-0.39, 0.29) is 25.7 Å². The summed E-state index contributed by atoms with van der Waals surface area (Å²) in [5.74, 6) is -2.25. The number of rotatable bonds is 70. The zero-order valence-electron chi connectivity index (χ0n) is 61.2. The summed E-state index contributed by atoms with van der Waals surface area (Å²) < 4.78 is 68.4. The number of phosphoric ester groups is 2. The molecule has 0 aromatic carbocycles. The highest BCUT2D eigenvalue weighted by molar-refractivity contribution is 7.47. The number of unbranched alkanes of at least 4 members (excludes halogenated alkanes) is 24. The fraction of sp³-hybridized carbons (Fsp3) is 0.696. The molecule has 98 heavy (non-hydrogen) atoms. The molecule has 0 aliphatic heterocycles. The Hall–Kier alpha value is -4.54. The van der Waals surface area contributed by atoms with Gasteiger partial charge in [0, 0.05) is 25.7 Å². The lowest BCUT2D eigenvalue weighted by molar-refractivity contribution is -0.161. The Morgan fingerprint density at radius 1 is 0.296 bits per heavy atom. The first-order valence-corrected chi connectivity index (χ1v) is 40.8. The Morgan fingerprint density at radius 2 is 0.551 bits per heavy atom. The first-order chi connectivity index (χ1) is 47.7. The molecule has 0 spiro atoms. The number of esters is 4. The molecule has 0 amide bonds. The first kappa shape index (κ1) is 93.5. The van der Waals surface area contributed by atoms with Gasteiger partial charge in [-0.05, 0) is 148 Å². The molecule has 0 rings (SSSR count). The van der Waals surface area contributed by atoms with Crippen LogP contribution in [0, 0.1) is 0 Å². The number of aliphatic hydroxyl groups excluding tert-OH is 1. The molecule has 0 saturated heterocycles. The van der Waals surface area contributed by atoms with Crippen LogP contribution in [0.4, 0.5) is 0 Å². The number of allylic oxidation sites excluding steroid dienone is 20. The van der Waals surface area contributed by atoms with Gasteiger partial charge in [-0.25, -0.2) is 9.13 Å². The Morgan fingerprint density at radius 3 is 0.857 bits per heavy atom. The van der Waals surface area contributed by atoms with Crippen LogP contribution in [-0.2, 0) is 65.4 Å². The molecule has 0 aromatic rings. The second-order valence-corrected chi connectivity index (χ2v) is 27.8. The first-order valence-electron chi connectivity index (χ1n) is 37.8. The summed E-state index contributed by atoms with van der Waals surface area (Å²) in [6, 6.07) is 0. The fourth-order valence-electron chi connectivity index (χ4n) is 9.61. The van der Waals surface area contributed by atoms with Gasteiger partial charge in [0.25, 0.3) is 0 Å². The van der Waals surface area contributed by atoms with E-state index in [2.05, 4.69) is 149 Å². The van der Waals surface area contributed by atoms with Crippen molar-refractivity contribution < 1.29 is 80.2 Å². The summed E-state index contributed by atoms with van der Waals surface area (Å²) in [4.78, 5) is 72.8. The zero-order chi connectivity index (χ0) is 71.8. The van der Waals surface area contributed by atoms with Crippen molar-refractivity contribution in [2.24, 2.45) is 0 Å². The smallest absolute Gasteiger partial charge is 0.462 e. The lowest BCUT2D eigenvalue weighted by atomic mass is 10.1. The monoisotopic (exact) mass is 1420 g/mol. The number of phosphoric acid groups is 2. The molecule has 19 heteroatoms. The quantitative estimate of drug-likeness (QED) is 0.0169. The van der Waals surface area contributed by atoms with Gasteiger partial charge in [-0.1, -0.05) is 246 Å². The number of ether oxygens (including phenoxy) is 4. The van der Waals surface area contributed by atoms with E-state index < -0.39 is 97.5 Å². The number of carbonyl (C=O) groups is 4. The van der Waals surface area contributed by atoms with E-state index in [1.807, 2.05) is 0 Å². The average molecular weight is 1420 g/mol. The molecule has 0 heterocycles. The summed E-state index contributed by atoms with van der Waals surface area (Å²) in [6.07, 6.45) is 76.2. The van der Waals surface area contributed by atoms with Crippen LogP contribution in [-0.4, -0.2) is 96.7 Å². The number of carbonyl (C=O) groups excluding carboxylic acids is 4. The summed E-state index contributed by atoms with van der Waals surface area (Å²) >= 11 is 0. The maximum Gasteiger partial charge on any atom is 0.472 e. The van der Waals surface area contributed by atoms with Gasteiger partial charge in [0.05, 0.1) is 26.4 Å². The molecule has 0 aromatic heterocycles. The minimum atomic E-state index is -4.99. The third kappa shape index (κ3) is 69.9. The van der Waals surface area contributed by atoms with Crippen LogP contribution in [0.3, 0.4) is 0 Å². The fourth-order valence-corrected chi connectivity index (χ4v) is 11.2. The van der Waals surface area contributed by atoms with E-state index in [1.165, 1.54) is 19.3 Å². The van der Waals surface area contributed by atoms with Crippen LogP contribution in [0.15, 0.2) is 122 Å². The Bertz CT molecular complexity index is 2340. The van der Waals surface area contributed by atoms with E-state index in [1.54, 1.807) is 0 Å². The molecule has 5 unspecified atom stereocenters. The molecule has 0 radical (unpaired) electrons. The van der Waals surface area contributed by atoms with Crippen molar-refractivity contribution in [1.29, 1.82) is 0 Å². The van der Waals surface area contributed by atoms with Gasteiger partial charge >= 0.3 is 39.5 Å². The highest BCUT2D eigenvalue weighted by Gasteiger charge is 2.30. The van der Waals surface area contributed by atoms with Crippen molar-refractivity contribution in [3.8, 4) is 0 Å². The van der Waals surface area contributed by atoms with Crippen LogP contribution in [0.25, 0.3) is 0 Å². The SMILES string of the molecule is CC/C=C\C/C=C\C/C=C\C/C=C\CCCCCCC(=O)OCC(COP(=O)(O)OCC(O)COP(=O)(O)OCC(COC(=O)CCCCCCC/C=C\C/C=C\CCCCC)OC(=O)CCCCCCC/C=C\C/C=C\CCC)OC(=O)CCCCCCC/C=C\C/C=C\CCC. The van der Waals surface area contributed by atoms with Gasteiger partial charge < -0.3 is 33.8 Å². The van der Waals surface area contributed by atoms with E-state index in [0.717, 1.165) is 199 Å². The highest BCUT2D eigenvalue weighted by Crippen LogP contribution is 2.45. The van der Waals surface area contributed by atoms with E-state index >= 15 is 0 Å². The molecule has 0 fully saturated rings. The van der Waals surface area contributed by atoms with Crippen molar-refractivity contribution in [2.75, 3.05) is 39.6 Å². The lowest BCUT2D eigenvalue weighted by Gasteiger charge is -2.21. The molecule has 0 bridgehead atoms. The van der Waals surface area contributed by atoms with E-state index in [0.29, 0.717) is 25.7 Å². The molecule has 0 aliphatic carbocycles. The Kier molecular flexibility index (Phi) is 67.6. The average Bonchev–Trinajstić information content (AvgIpc) is 0.969. The second kappa shape index (κ2) is 70.9. The summed E-state index contributed by atoms with van der Waals surface area (Å²) in [6.45, 7) is 4.52. The van der Waals surface area contributed by atoms with Gasteiger partial charge in [-0.3, -0.25) is 37.3 Å². The van der Waals surface area contributed by atoms with Gasteiger partial charge in [0.2, 0.25) is 0 Å². The van der Waals surface area contributed by atoms with E-state index in [4.69, 9.17) is 37.0 Å². The van der Waals surface area contributed by atoms with Crippen molar-refractivity contribution in [1.82, 2.24) is 0 Å². The maximum atomic E-state index is 13.1. The van der Waals surface area contributed by atoms with E-state index in [9.17, 15) is 43.2 Å². The normalized spacial score (nSPS) is 14.6. The van der Waals surface area contributed by atoms with Crippen molar-refractivity contribution in [2.45, 2.75) is 316 Å². The van der Waals surface area contributed by atoms with Crippen LogP contribution in [0.1, 0.15) is 297 Å². The number of aliphatic hydroxyl groups is 1. The third-order valence-corrected chi connectivity index (χ3v) is 17.2. The molecule has 562 valence electrons. The summed E-state index contributed by atoms with van der Waals surface area (Å²) in [5.41, 5.74) is 0. The van der Waals surface area contributed by atoms with Crippen LogP contribution >= 0.6 is 15.6 Å². The second-order valence-electron chi connectivity index (χ2n) is 24.8. The minimum absolute atomic E-state index is 0.0701. The van der Waals surface area contributed by atoms with Crippen LogP contribution < -0.4 is 0 Å². The molecule has 0 saturated carbocycles. The van der Waals surface area contributed by atoms with Crippen molar-refractivity contribution >= 4 is 39.5 Å². The Labute approximate surface area is 593 Å². The maximum absolute atomic E-state index is 13.1. The summed E-state index contributed by atoms with van der Waals surface area (Å²) in [7, 11) is -9.97. The van der Waals surface area contributed by atoms with Crippen LogP contribution in [0.2, 0.25) is 0 Å². The topological polar surface area (TPSA) is 237 Å². The predicted molar refractivity (Wildman–Crippen MR) is 399 cm³/mol. The minimum Gasteiger partial charge on any atom is -0.462 e. The highest BCUT2D eigenvalue weighted by atomic mass is 31.2. The van der Waals surface area contributed by atoms with Gasteiger partial charge in [-0.2, -0.15) is 0 Å². The Balaban J connectivity index is 5.38. The molecule has 5 atom stereocenters. The van der Waals surface area contributed by atoms with Gasteiger partial charge in [0.15, 0.2) is 12.2 Å². The van der Waals surface area contributed by atoms with Gasteiger partial charge in [0.1, 0.15) is 19.3 Å². The lowest BCUT2D eigenvalue weighted by Crippen LogP contribution is -2.30. The third-order valence-electron chi connectivity index (χ3n) is 15.3. The molecular weight excluding hydrogens is 1280 g/mol. The predicted octanol–water partition coefficient (Wildman–Crippen LogP) is 21.6. The van der Waals surface area contributed by atoms with Crippen molar-refractivity contribution in [3.05, 3.63) is 122 Å². The molecule has 3 N–H and O–H groups in total. The van der Waals surface area contributed by atoms with Gasteiger partial charge in [-0.15, -0.1) is 0 Å². The zero-order valence-corrected chi connectivity index (χ0v) is 63.0. The van der Waals surface area contributed by atoms with Crippen LogP contribution in [0.5, 0.6) is 0 Å². The number of hydrogen-bond donors (Lipinski definition) is 3.